The van der Waals surface area contributed by atoms with Gasteiger partial charge in [0.05, 0.1) is 6.61 Å². The van der Waals surface area contributed by atoms with Crippen LogP contribution in [0.15, 0.2) is 18.2 Å². The molecule has 0 aromatic heterocycles. The number of benzene rings is 1. The minimum atomic E-state index is 0.172. The van der Waals surface area contributed by atoms with Gasteiger partial charge < -0.3 is 19.1 Å². The van der Waals surface area contributed by atoms with Crippen molar-refractivity contribution in [2.45, 2.75) is 13.3 Å². The van der Waals surface area contributed by atoms with Gasteiger partial charge in [0, 0.05) is 45.7 Å². The molecule has 1 fully saturated rings. The summed E-state index contributed by atoms with van der Waals surface area (Å²) in [6.45, 7) is 7.15. The van der Waals surface area contributed by atoms with E-state index in [4.69, 9.17) is 14.2 Å². The third-order valence-corrected chi connectivity index (χ3v) is 4.05. The van der Waals surface area contributed by atoms with E-state index in [-0.39, 0.29) is 12.7 Å². The van der Waals surface area contributed by atoms with E-state index in [1.54, 1.807) is 6.92 Å². The molecule has 1 saturated heterocycles. The highest BCUT2D eigenvalue weighted by atomic mass is 16.7. The molecule has 6 nitrogen and oxygen atoms in total. The molecule has 0 bridgehead atoms. The van der Waals surface area contributed by atoms with Gasteiger partial charge in [-0.15, -0.1) is 0 Å². The summed E-state index contributed by atoms with van der Waals surface area (Å²) in [5.74, 6) is 2.50. The summed E-state index contributed by atoms with van der Waals surface area (Å²) < 4.78 is 16.4. The fourth-order valence-corrected chi connectivity index (χ4v) is 2.73. The lowest BCUT2D eigenvalue weighted by atomic mass is 10.3. The van der Waals surface area contributed by atoms with Crippen molar-refractivity contribution in [2.24, 2.45) is 0 Å². The normalized spacial score (nSPS) is 17.6. The van der Waals surface area contributed by atoms with Crippen LogP contribution in [0.2, 0.25) is 0 Å². The van der Waals surface area contributed by atoms with E-state index < -0.39 is 0 Å². The lowest BCUT2D eigenvalue weighted by Crippen LogP contribution is -2.48. The number of piperazine rings is 1. The topological polar surface area (TPSA) is 51.2 Å². The van der Waals surface area contributed by atoms with Crippen LogP contribution < -0.4 is 14.2 Å². The Labute approximate surface area is 130 Å². The quantitative estimate of drug-likeness (QED) is 0.769. The molecule has 6 heteroatoms. The molecule has 1 aromatic rings. The van der Waals surface area contributed by atoms with Crippen molar-refractivity contribution in [1.29, 1.82) is 0 Å². The van der Waals surface area contributed by atoms with Crippen molar-refractivity contribution >= 4 is 5.91 Å². The Balaban J connectivity index is 1.35. The highest BCUT2D eigenvalue weighted by molar-refractivity contribution is 5.73. The molecule has 2 heterocycles. The van der Waals surface area contributed by atoms with Crippen LogP contribution in [0, 0.1) is 0 Å². The number of amides is 1. The van der Waals surface area contributed by atoms with Crippen molar-refractivity contribution in [3.63, 3.8) is 0 Å². The largest absolute Gasteiger partial charge is 0.493 e. The molecule has 0 N–H and O–H groups in total. The Hall–Kier alpha value is -1.95. The highest BCUT2D eigenvalue weighted by Crippen LogP contribution is 2.35. The first-order valence-electron chi connectivity index (χ1n) is 7.73. The van der Waals surface area contributed by atoms with Gasteiger partial charge in [-0.3, -0.25) is 9.69 Å². The summed E-state index contributed by atoms with van der Waals surface area (Å²) in [5, 5.41) is 0. The number of hydrogen-bond donors (Lipinski definition) is 0. The van der Waals surface area contributed by atoms with Crippen LogP contribution >= 0.6 is 0 Å². The molecular weight excluding hydrogens is 284 g/mol. The Morgan fingerprint density at radius 1 is 1.18 bits per heavy atom. The van der Waals surface area contributed by atoms with E-state index in [2.05, 4.69) is 4.90 Å². The molecule has 1 aromatic carbocycles. The number of nitrogens with zero attached hydrogens (tertiary/aromatic N) is 2. The molecule has 2 aliphatic rings. The molecule has 120 valence electrons. The molecule has 1 amide bonds. The molecule has 0 saturated carbocycles. The molecular formula is C16H22N2O4. The van der Waals surface area contributed by atoms with Gasteiger partial charge in [-0.1, -0.05) is 0 Å². The molecule has 0 spiro atoms. The number of rotatable bonds is 5. The van der Waals surface area contributed by atoms with E-state index in [1.165, 1.54) is 0 Å². The predicted octanol–water partition coefficient (Wildman–Crippen LogP) is 1.35. The smallest absolute Gasteiger partial charge is 0.231 e. The molecule has 2 aliphatic heterocycles. The van der Waals surface area contributed by atoms with Gasteiger partial charge >= 0.3 is 0 Å². The first-order chi connectivity index (χ1) is 10.7. The summed E-state index contributed by atoms with van der Waals surface area (Å²) >= 11 is 0. The van der Waals surface area contributed by atoms with Crippen LogP contribution in [-0.2, 0) is 4.79 Å². The number of hydrogen-bond acceptors (Lipinski definition) is 5. The summed E-state index contributed by atoms with van der Waals surface area (Å²) in [6, 6.07) is 5.64. The third kappa shape index (κ3) is 3.62. The van der Waals surface area contributed by atoms with Gasteiger partial charge in [0.15, 0.2) is 11.5 Å². The second kappa shape index (κ2) is 6.87. The van der Waals surface area contributed by atoms with E-state index >= 15 is 0 Å². The van der Waals surface area contributed by atoms with Gasteiger partial charge in [-0.2, -0.15) is 0 Å². The monoisotopic (exact) mass is 306 g/mol. The lowest BCUT2D eigenvalue weighted by Gasteiger charge is -2.34. The first-order valence-corrected chi connectivity index (χ1v) is 7.73. The molecule has 0 atom stereocenters. The fraction of sp³-hybridized carbons (Fsp3) is 0.562. The summed E-state index contributed by atoms with van der Waals surface area (Å²) in [7, 11) is 0. The number of fused-ring (bicyclic) bond motifs is 1. The average molecular weight is 306 g/mol. The minimum absolute atomic E-state index is 0.172. The second-order valence-electron chi connectivity index (χ2n) is 5.56. The molecule has 3 rings (SSSR count). The zero-order chi connectivity index (χ0) is 15.4. The van der Waals surface area contributed by atoms with E-state index in [9.17, 15) is 4.79 Å². The van der Waals surface area contributed by atoms with Gasteiger partial charge in [-0.25, -0.2) is 0 Å². The summed E-state index contributed by atoms with van der Waals surface area (Å²) in [5.41, 5.74) is 0. The van der Waals surface area contributed by atoms with Crippen molar-refractivity contribution < 1.29 is 19.0 Å². The molecule has 0 aliphatic carbocycles. The van der Waals surface area contributed by atoms with Gasteiger partial charge in [0.2, 0.25) is 12.7 Å². The second-order valence-corrected chi connectivity index (χ2v) is 5.56. The van der Waals surface area contributed by atoms with Crippen molar-refractivity contribution in [2.75, 3.05) is 46.1 Å². The first kappa shape index (κ1) is 15.0. The summed E-state index contributed by atoms with van der Waals surface area (Å²) in [4.78, 5) is 15.6. The van der Waals surface area contributed by atoms with Gasteiger partial charge in [-0.05, 0) is 18.6 Å². The molecule has 0 unspecified atom stereocenters. The zero-order valence-corrected chi connectivity index (χ0v) is 12.9. The molecule has 22 heavy (non-hydrogen) atoms. The molecule has 0 radical (unpaired) electrons. The maximum atomic E-state index is 11.3. The van der Waals surface area contributed by atoms with Crippen LogP contribution in [0.3, 0.4) is 0 Å². The zero-order valence-electron chi connectivity index (χ0n) is 12.9. The van der Waals surface area contributed by atoms with E-state index in [1.807, 2.05) is 23.1 Å². The predicted molar refractivity (Wildman–Crippen MR) is 81.4 cm³/mol. The number of carbonyl (C=O) groups is 1. The van der Waals surface area contributed by atoms with Crippen LogP contribution in [-0.4, -0.2) is 61.8 Å². The fourth-order valence-electron chi connectivity index (χ4n) is 2.73. The van der Waals surface area contributed by atoms with E-state index in [0.29, 0.717) is 6.61 Å². The average Bonchev–Trinajstić information content (AvgIpc) is 2.99. The van der Waals surface area contributed by atoms with Crippen LogP contribution in [0.4, 0.5) is 0 Å². The maximum absolute atomic E-state index is 11.3. The SMILES string of the molecule is CC(=O)N1CCN(CCCOc2ccc3c(c2)OCO3)CC1. The summed E-state index contributed by atoms with van der Waals surface area (Å²) in [6.07, 6.45) is 0.967. The van der Waals surface area contributed by atoms with Gasteiger partial charge in [0.25, 0.3) is 0 Å². The van der Waals surface area contributed by atoms with Gasteiger partial charge in [0.1, 0.15) is 5.75 Å². The Morgan fingerprint density at radius 3 is 2.73 bits per heavy atom. The van der Waals surface area contributed by atoms with Crippen molar-refractivity contribution in [3.8, 4) is 17.2 Å². The highest BCUT2D eigenvalue weighted by Gasteiger charge is 2.18. The Kier molecular flexibility index (Phi) is 4.68. The van der Waals surface area contributed by atoms with Crippen molar-refractivity contribution in [3.05, 3.63) is 18.2 Å². The number of ether oxygens (including phenoxy) is 3. The maximum Gasteiger partial charge on any atom is 0.231 e. The Bertz CT molecular complexity index is 527. The van der Waals surface area contributed by atoms with E-state index in [0.717, 1.165) is 56.4 Å². The standard InChI is InChI=1S/C16H22N2O4/c1-13(19)18-8-6-17(7-9-18)5-2-10-20-14-3-4-15-16(11-14)22-12-21-15/h3-4,11H,2,5-10,12H2,1H3. The Morgan fingerprint density at radius 2 is 1.95 bits per heavy atom. The lowest BCUT2D eigenvalue weighted by molar-refractivity contribution is -0.130. The van der Waals surface area contributed by atoms with Crippen LogP contribution in [0.5, 0.6) is 17.2 Å². The minimum Gasteiger partial charge on any atom is -0.493 e. The number of carbonyl (C=O) groups excluding carboxylic acids is 1. The van der Waals surface area contributed by atoms with Crippen molar-refractivity contribution in [1.82, 2.24) is 9.80 Å². The van der Waals surface area contributed by atoms with Crippen LogP contribution in [0.25, 0.3) is 0 Å². The van der Waals surface area contributed by atoms with Crippen LogP contribution in [0.1, 0.15) is 13.3 Å². The third-order valence-electron chi connectivity index (χ3n) is 4.05.